The number of aromatic amines is 1. The van der Waals surface area contributed by atoms with Gasteiger partial charge in [-0.2, -0.15) is 0 Å². The summed E-state index contributed by atoms with van der Waals surface area (Å²) < 4.78 is 0. The third kappa shape index (κ3) is 3.46. The van der Waals surface area contributed by atoms with Crippen LogP contribution in [-0.2, 0) is 14.4 Å². The van der Waals surface area contributed by atoms with E-state index < -0.39 is 5.25 Å². The number of nitrogens with zero attached hydrogens (tertiary/aromatic N) is 1. The van der Waals surface area contributed by atoms with Gasteiger partial charge in [-0.15, -0.1) is 11.8 Å². The van der Waals surface area contributed by atoms with Crippen LogP contribution in [0.4, 0.5) is 11.4 Å². The zero-order valence-electron chi connectivity index (χ0n) is 14.6. The standard InChI is InChI=1S/C20H17N3O3S/c1-12(24)22-14-3-6-16(7-4-14)27-18-11-19(25)23(20(18)26)15-5-2-13-8-9-21-17(13)10-15/h2-10,18,21H,11H2,1H3,(H,22,24). The Balaban J connectivity index is 1.51. The van der Waals surface area contributed by atoms with Crippen LogP contribution in [0, 0.1) is 0 Å². The van der Waals surface area contributed by atoms with Gasteiger partial charge in [0, 0.05) is 35.6 Å². The highest BCUT2D eigenvalue weighted by Crippen LogP contribution is 2.35. The van der Waals surface area contributed by atoms with E-state index in [0.29, 0.717) is 11.4 Å². The Morgan fingerprint density at radius 2 is 1.93 bits per heavy atom. The van der Waals surface area contributed by atoms with E-state index in [1.54, 1.807) is 18.2 Å². The SMILES string of the molecule is CC(=O)Nc1ccc(SC2CC(=O)N(c3ccc4cc[nH]c4c3)C2=O)cc1. The molecule has 2 N–H and O–H groups in total. The largest absolute Gasteiger partial charge is 0.361 e. The summed E-state index contributed by atoms with van der Waals surface area (Å²) in [6.45, 7) is 1.45. The van der Waals surface area contributed by atoms with E-state index in [1.165, 1.54) is 23.6 Å². The van der Waals surface area contributed by atoms with E-state index in [9.17, 15) is 14.4 Å². The predicted octanol–water partition coefficient (Wildman–Crippen LogP) is 3.55. The molecule has 1 aromatic heterocycles. The number of aromatic nitrogens is 1. The molecule has 0 aliphatic carbocycles. The number of benzene rings is 2. The molecule has 1 atom stereocenters. The molecular formula is C20H17N3O3S. The van der Waals surface area contributed by atoms with Crippen LogP contribution in [0.5, 0.6) is 0 Å². The van der Waals surface area contributed by atoms with Crippen LogP contribution in [-0.4, -0.2) is 28.0 Å². The fraction of sp³-hybridized carbons (Fsp3) is 0.150. The van der Waals surface area contributed by atoms with Crippen molar-refractivity contribution in [3.63, 3.8) is 0 Å². The Morgan fingerprint density at radius 1 is 1.15 bits per heavy atom. The zero-order valence-corrected chi connectivity index (χ0v) is 15.4. The third-order valence-electron chi connectivity index (χ3n) is 4.36. The van der Waals surface area contributed by atoms with Gasteiger partial charge < -0.3 is 10.3 Å². The number of H-pyrrole nitrogens is 1. The molecular weight excluding hydrogens is 362 g/mol. The van der Waals surface area contributed by atoms with Crippen LogP contribution >= 0.6 is 11.8 Å². The van der Waals surface area contributed by atoms with Crippen LogP contribution in [0.25, 0.3) is 10.9 Å². The van der Waals surface area contributed by atoms with Crippen molar-refractivity contribution in [1.82, 2.24) is 4.98 Å². The van der Waals surface area contributed by atoms with Crippen molar-refractivity contribution in [3.8, 4) is 0 Å². The van der Waals surface area contributed by atoms with Gasteiger partial charge in [0.05, 0.1) is 10.9 Å². The third-order valence-corrected chi connectivity index (χ3v) is 5.55. The summed E-state index contributed by atoms with van der Waals surface area (Å²) in [5.41, 5.74) is 2.17. The summed E-state index contributed by atoms with van der Waals surface area (Å²) in [7, 11) is 0. The predicted molar refractivity (Wildman–Crippen MR) is 106 cm³/mol. The highest BCUT2D eigenvalue weighted by molar-refractivity contribution is 8.00. The van der Waals surface area contributed by atoms with Crippen molar-refractivity contribution < 1.29 is 14.4 Å². The number of rotatable bonds is 4. The van der Waals surface area contributed by atoms with Crippen LogP contribution < -0.4 is 10.2 Å². The number of carbonyl (C=O) groups is 3. The fourth-order valence-corrected chi connectivity index (χ4v) is 4.18. The summed E-state index contributed by atoms with van der Waals surface area (Å²) in [5.74, 6) is -0.540. The number of hydrogen-bond acceptors (Lipinski definition) is 4. The second-order valence-corrected chi connectivity index (χ2v) is 7.61. The molecule has 2 heterocycles. The lowest BCUT2D eigenvalue weighted by atomic mass is 10.2. The Bertz CT molecular complexity index is 1040. The topological polar surface area (TPSA) is 82.3 Å². The Kier molecular flexibility index (Phi) is 4.45. The van der Waals surface area contributed by atoms with Crippen molar-refractivity contribution in [2.75, 3.05) is 10.2 Å². The van der Waals surface area contributed by atoms with E-state index in [0.717, 1.165) is 15.8 Å². The monoisotopic (exact) mass is 379 g/mol. The molecule has 2 aromatic carbocycles. The molecule has 1 saturated heterocycles. The molecule has 0 radical (unpaired) electrons. The first-order chi connectivity index (χ1) is 13.0. The molecule has 3 aromatic rings. The summed E-state index contributed by atoms with van der Waals surface area (Å²) in [6.07, 6.45) is 1.99. The molecule has 27 heavy (non-hydrogen) atoms. The first-order valence-electron chi connectivity index (χ1n) is 8.49. The lowest BCUT2D eigenvalue weighted by Crippen LogP contribution is -2.31. The van der Waals surface area contributed by atoms with Crippen LogP contribution in [0.2, 0.25) is 0 Å². The second-order valence-electron chi connectivity index (χ2n) is 6.33. The number of thioether (sulfide) groups is 1. The first kappa shape index (κ1) is 17.4. The van der Waals surface area contributed by atoms with Gasteiger partial charge in [0.1, 0.15) is 0 Å². The van der Waals surface area contributed by atoms with Crippen LogP contribution in [0.3, 0.4) is 0 Å². The van der Waals surface area contributed by atoms with Crippen LogP contribution in [0.1, 0.15) is 13.3 Å². The highest BCUT2D eigenvalue weighted by atomic mass is 32.2. The second kappa shape index (κ2) is 6.92. The molecule has 0 saturated carbocycles. The molecule has 1 unspecified atom stereocenters. The quantitative estimate of drug-likeness (QED) is 0.679. The fourth-order valence-electron chi connectivity index (χ4n) is 3.13. The van der Waals surface area contributed by atoms with Gasteiger partial charge in [-0.3, -0.25) is 14.4 Å². The smallest absolute Gasteiger partial charge is 0.247 e. The van der Waals surface area contributed by atoms with E-state index in [1.807, 2.05) is 36.5 Å². The molecule has 1 aliphatic heterocycles. The summed E-state index contributed by atoms with van der Waals surface area (Å²) >= 11 is 1.36. The maximum atomic E-state index is 12.8. The van der Waals surface area contributed by atoms with Gasteiger partial charge in [-0.05, 0) is 47.9 Å². The van der Waals surface area contributed by atoms with Gasteiger partial charge in [0.15, 0.2) is 0 Å². The molecule has 0 bridgehead atoms. The summed E-state index contributed by atoms with van der Waals surface area (Å²) in [6, 6.07) is 14.7. The van der Waals surface area contributed by atoms with Crippen molar-refractivity contribution in [3.05, 3.63) is 54.7 Å². The molecule has 7 heteroatoms. The molecule has 1 fully saturated rings. The normalized spacial score (nSPS) is 16.9. The molecule has 1 aliphatic rings. The first-order valence-corrected chi connectivity index (χ1v) is 9.37. The van der Waals surface area contributed by atoms with E-state index >= 15 is 0 Å². The molecule has 3 amide bonds. The number of nitrogens with one attached hydrogen (secondary N) is 2. The minimum absolute atomic E-state index is 0.137. The minimum atomic E-state index is -0.455. The number of amides is 3. The number of carbonyl (C=O) groups excluding carboxylic acids is 3. The highest BCUT2D eigenvalue weighted by Gasteiger charge is 2.40. The van der Waals surface area contributed by atoms with E-state index in [2.05, 4.69) is 10.3 Å². The van der Waals surface area contributed by atoms with Gasteiger partial charge >= 0.3 is 0 Å². The van der Waals surface area contributed by atoms with Crippen LogP contribution in [0.15, 0.2) is 59.6 Å². The van der Waals surface area contributed by atoms with Crippen molar-refractivity contribution in [1.29, 1.82) is 0 Å². The van der Waals surface area contributed by atoms with Gasteiger partial charge in [-0.1, -0.05) is 6.07 Å². The number of hydrogen-bond donors (Lipinski definition) is 2. The average molecular weight is 379 g/mol. The lowest BCUT2D eigenvalue weighted by molar-refractivity contribution is -0.121. The van der Waals surface area contributed by atoms with Crippen molar-refractivity contribution in [2.24, 2.45) is 0 Å². The molecule has 4 rings (SSSR count). The maximum Gasteiger partial charge on any atom is 0.247 e. The average Bonchev–Trinajstić information content (AvgIpc) is 3.20. The number of fused-ring (bicyclic) bond motifs is 1. The summed E-state index contributed by atoms with van der Waals surface area (Å²) in [4.78, 5) is 41.6. The van der Waals surface area contributed by atoms with Gasteiger partial charge in [0.25, 0.3) is 0 Å². The Hall–Kier alpha value is -3.06. The van der Waals surface area contributed by atoms with Gasteiger partial charge in [-0.25, -0.2) is 4.90 Å². The molecule has 6 nitrogen and oxygen atoms in total. The number of anilines is 2. The van der Waals surface area contributed by atoms with Gasteiger partial charge in [0.2, 0.25) is 17.7 Å². The minimum Gasteiger partial charge on any atom is -0.361 e. The maximum absolute atomic E-state index is 12.8. The van der Waals surface area contributed by atoms with Crippen molar-refractivity contribution in [2.45, 2.75) is 23.5 Å². The summed E-state index contributed by atoms with van der Waals surface area (Å²) in [5, 5.41) is 3.28. The zero-order chi connectivity index (χ0) is 19.0. The van der Waals surface area contributed by atoms with E-state index in [-0.39, 0.29) is 24.1 Å². The Morgan fingerprint density at radius 3 is 2.67 bits per heavy atom. The Labute approximate surface area is 159 Å². The molecule has 0 spiro atoms. The molecule has 136 valence electrons. The number of imide groups is 1. The van der Waals surface area contributed by atoms with Crippen molar-refractivity contribution >= 4 is 51.8 Å². The lowest BCUT2D eigenvalue weighted by Gasteiger charge is -2.15. The van der Waals surface area contributed by atoms with E-state index in [4.69, 9.17) is 0 Å².